The molecule has 1 aliphatic heterocycles. The maximum absolute atomic E-state index is 12.4. The number of hydrogen-bond acceptors (Lipinski definition) is 5. The highest BCUT2D eigenvalue weighted by Crippen LogP contribution is 2.32. The Balaban J connectivity index is 1.75. The monoisotopic (exact) mass is 447 g/mol. The summed E-state index contributed by atoms with van der Waals surface area (Å²) in [4.78, 5) is 0.0541. The van der Waals surface area contributed by atoms with Gasteiger partial charge in [-0.1, -0.05) is 23.7 Å². The topological polar surface area (TPSA) is 91.2 Å². The fourth-order valence-corrected chi connectivity index (χ4v) is 5.11. The van der Waals surface area contributed by atoms with E-state index in [4.69, 9.17) is 16.3 Å². The van der Waals surface area contributed by atoms with E-state index in [2.05, 4.69) is 16.1 Å². The predicted octanol–water partition coefficient (Wildman–Crippen LogP) is 3.67. The van der Waals surface area contributed by atoms with Crippen molar-refractivity contribution in [2.45, 2.75) is 37.1 Å². The summed E-state index contributed by atoms with van der Waals surface area (Å²) in [6.45, 7) is 5.65. The molecule has 0 radical (unpaired) electrons. The van der Waals surface area contributed by atoms with E-state index >= 15 is 0 Å². The summed E-state index contributed by atoms with van der Waals surface area (Å²) < 4.78 is 33.3. The molecular weight excluding hydrogens is 422 g/mol. The number of nitrogens with zero attached hydrogens (tertiary/aromatic N) is 1. The van der Waals surface area contributed by atoms with Gasteiger partial charge in [-0.15, -0.1) is 0 Å². The van der Waals surface area contributed by atoms with Crippen molar-refractivity contribution in [3.63, 3.8) is 0 Å². The Hall–Kier alpha value is -2.11. The number of piperidine rings is 1. The molecule has 2 aromatic rings. The van der Waals surface area contributed by atoms with Crippen molar-refractivity contribution in [3.05, 3.63) is 58.6 Å². The zero-order valence-corrected chi connectivity index (χ0v) is 18.6. The van der Waals surface area contributed by atoms with Crippen molar-refractivity contribution >= 4 is 21.6 Å². The average molecular weight is 448 g/mol. The molecule has 30 heavy (non-hydrogen) atoms. The molecule has 1 saturated heterocycles. The molecule has 0 amide bonds. The summed E-state index contributed by atoms with van der Waals surface area (Å²) in [5.41, 5.74) is 1.42. The van der Waals surface area contributed by atoms with Gasteiger partial charge in [-0.3, -0.25) is 0 Å². The highest BCUT2D eigenvalue weighted by atomic mass is 35.5. The summed E-state index contributed by atoms with van der Waals surface area (Å²) in [5.74, 6) is 0.933. The molecule has 1 aliphatic rings. The number of rotatable bonds is 7. The molecule has 0 aliphatic carbocycles. The van der Waals surface area contributed by atoms with Crippen LogP contribution in [0, 0.1) is 17.2 Å². The molecule has 2 aromatic carbocycles. The quantitative estimate of drug-likeness (QED) is 0.675. The van der Waals surface area contributed by atoms with Crippen molar-refractivity contribution < 1.29 is 13.2 Å². The maximum atomic E-state index is 12.4. The van der Waals surface area contributed by atoms with Crippen LogP contribution in [0.2, 0.25) is 5.02 Å². The lowest BCUT2D eigenvalue weighted by Gasteiger charge is -2.32. The van der Waals surface area contributed by atoms with Crippen molar-refractivity contribution in [3.8, 4) is 11.8 Å². The number of sulfonamides is 1. The SMILES string of the molecule is CC(C)NS(=O)(=O)c1ccc(OC[C@@H]2CNCC[C@H]2c2ccc(Cl)cc2)c(C#N)c1. The average Bonchev–Trinajstić information content (AvgIpc) is 2.72. The first-order valence-electron chi connectivity index (χ1n) is 9.95. The van der Waals surface area contributed by atoms with E-state index in [1.807, 2.05) is 24.3 Å². The molecule has 3 rings (SSSR count). The minimum Gasteiger partial charge on any atom is -0.492 e. The molecule has 2 N–H and O–H groups in total. The van der Waals surface area contributed by atoms with Crippen LogP contribution in [0.1, 0.15) is 37.3 Å². The fraction of sp³-hybridized carbons (Fsp3) is 0.409. The second-order valence-electron chi connectivity index (χ2n) is 7.77. The summed E-state index contributed by atoms with van der Waals surface area (Å²) >= 11 is 6.02. The van der Waals surface area contributed by atoms with Crippen molar-refractivity contribution in [2.24, 2.45) is 5.92 Å². The normalized spacial score (nSPS) is 19.4. The van der Waals surface area contributed by atoms with Crippen LogP contribution in [0.3, 0.4) is 0 Å². The van der Waals surface area contributed by atoms with Crippen molar-refractivity contribution in [1.29, 1.82) is 5.26 Å². The highest BCUT2D eigenvalue weighted by molar-refractivity contribution is 7.89. The number of benzene rings is 2. The molecule has 0 bridgehead atoms. The van der Waals surface area contributed by atoms with Crippen LogP contribution in [0.4, 0.5) is 0 Å². The number of ether oxygens (including phenoxy) is 1. The molecule has 0 spiro atoms. The number of hydrogen-bond donors (Lipinski definition) is 2. The third kappa shape index (κ3) is 5.52. The largest absolute Gasteiger partial charge is 0.492 e. The first-order chi connectivity index (χ1) is 14.3. The van der Waals surface area contributed by atoms with Crippen LogP contribution in [0.25, 0.3) is 0 Å². The molecule has 0 unspecified atom stereocenters. The van der Waals surface area contributed by atoms with Gasteiger partial charge in [-0.25, -0.2) is 13.1 Å². The lowest BCUT2D eigenvalue weighted by atomic mass is 9.81. The van der Waals surface area contributed by atoms with Crippen LogP contribution in [-0.4, -0.2) is 34.2 Å². The molecule has 1 fully saturated rings. The van der Waals surface area contributed by atoms with Gasteiger partial charge in [0.2, 0.25) is 10.0 Å². The first kappa shape index (κ1) is 22.6. The number of nitrogens with one attached hydrogen (secondary N) is 2. The van der Waals surface area contributed by atoms with Gasteiger partial charge in [0.1, 0.15) is 11.8 Å². The zero-order chi connectivity index (χ0) is 21.7. The van der Waals surface area contributed by atoms with Gasteiger partial charge in [0.25, 0.3) is 0 Å². The lowest BCUT2D eigenvalue weighted by molar-refractivity contribution is 0.196. The van der Waals surface area contributed by atoms with E-state index in [9.17, 15) is 13.7 Å². The van der Waals surface area contributed by atoms with Gasteiger partial charge in [-0.2, -0.15) is 5.26 Å². The van der Waals surface area contributed by atoms with Crippen LogP contribution in [-0.2, 0) is 10.0 Å². The molecule has 0 aromatic heterocycles. The van der Waals surface area contributed by atoms with Crippen LogP contribution in [0.5, 0.6) is 5.75 Å². The van der Waals surface area contributed by atoms with Gasteiger partial charge < -0.3 is 10.1 Å². The Morgan fingerprint density at radius 2 is 2.00 bits per heavy atom. The number of halogens is 1. The molecule has 0 saturated carbocycles. The minimum atomic E-state index is -3.67. The van der Waals surface area contributed by atoms with Gasteiger partial charge in [0.05, 0.1) is 17.1 Å². The van der Waals surface area contributed by atoms with E-state index in [1.54, 1.807) is 19.9 Å². The van der Waals surface area contributed by atoms with Crippen molar-refractivity contribution in [1.82, 2.24) is 10.0 Å². The third-order valence-corrected chi connectivity index (χ3v) is 7.04. The number of nitriles is 1. The molecule has 1 heterocycles. The van der Waals surface area contributed by atoms with E-state index < -0.39 is 10.0 Å². The van der Waals surface area contributed by atoms with Crippen LogP contribution >= 0.6 is 11.6 Å². The summed E-state index contributed by atoms with van der Waals surface area (Å²) in [6, 6.07) is 14.1. The van der Waals surface area contributed by atoms with E-state index in [0.29, 0.717) is 23.3 Å². The molecule has 6 nitrogen and oxygen atoms in total. The molecule has 8 heteroatoms. The maximum Gasteiger partial charge on any atom is 0.240 e. The Morgan fingerprint density at radius 3 is 2.67 bits per heavy atom. The van der Waals surface area contributed by atoms with E-state index in [0.717, 1.165) is 19.5 Å². The van der Waals surface area contributed by atoms with Crippen LogP contribution in [0.15, 0.2) is 47.4 Å². The second kappa shape index (κ2) is 9.80. The lowest BCUT2D eigenvalue weighted by Crippen LogP contribution is -2.38. The third-order valence-electron chi connectivity index (χ3n) is 5.13. The van der Waals surface area contributed by atoms with E-state index in [-0.39, 0.29) is 22.4 Å². The van der Waals surface area contributed by atoms with Crippen LogP contribution < -0.4 is 14.8 Å². The Labute approximate surface area is 183 Å². The van der Waals surface area contributed by atoms with Gasteiger partial charge in [0.15, 0.2) is 0 Å². The zero-order valence-electron chi connectivity index (χ0n) is 17.1. The Kier molecular flexibility index (Phi) is 7.37. The molecule has 2 atom stereocenters. The second-order valence-corrected chi connectivity index (χ2v) is 9.92. The minimum absolute atomic E-state index is 0.0541. The van der Waals surface area contributed by atoms with Crippen molar-refractivity contribution in [2.75, 3.05) is 19.7 Å². The first-order valence-corrected chi connectivity index (χ1v) is 11.8. The Bertz CT molecular complexity index is 1020. The summed E-state index contributed by atoms with van der Waals surface area (Å²) in [5, 5.41) is 13.6. The van der Waals surface area contributed by atoms with Gasteiger partial charge in [0, 0.05) is 23.5 Å². The molecule has 160 valence electrons. The summed E-state index contributed by atoms with van der Waals surface area (Å²) in [6.07, 6.45) is 0.985. The summed E-state index contributed by atoms with van der Waals surface area (Å²) in [7, 11) is -3.67. The standard InChI is InChI=1S/C22H26ClN3O3S/c1-15(2)26-30(27,28)20-7-8-22(17(11-20)12-24)29-14-18-13-25-10-9-21(18)16-3-5-19(23)6-4-16/h3-8,11,15,18,21,25-26H,9-10,13-14H2,1-2H3/t18-,21-/m0/s1. The predicted molar refractivity (Wildman–Crippen MR) is 117 cm³/mol. The van der Waals surface area contributed by atoms with Gasteiger partial charge >= 0.3 is 0 Å². The highest BCUT2D eigenvalue weighted by Gasteiger charge is 2.27. The smallest absolute Gasteiger partial charge is 0.240 e. The fourth-order valence-electron chi connectivity index (χ4n) is 3.71. The molecular formula is C22H26ClN3O3S. The van der Waals surface area contributed by atoms with E-state index in [1.165, 1.54) is 17.7 Å². The van der Waals surface area contributed by atoms with Gasteiger partial charge in [-0.05, 0) is 68.6 Å². The Morgan fingerprint density at radius 1 is 1.27 bits per heavy atom.